The number of H-pyrrole nitrogens is 1. The first-order valence-electron chi connectivity index (χ1n) is 4.84. The monoisotopic (exact) mass is 270 g/mol. The Hall–Kier alpha value is -0.870. The van der Waals surface area contributed by atoms with E-state index in [0.717, 1.165) is 30.4 Å². The van der Waals surface area contributed by atoms with Crippen molar-refractivity contribution in [2.24, 2.45) is 0 Å². The minimum absolute atomic E-state index is 0. The van der Waals surface area contributed by atoms with Crippen LogP contribution in [-0.4, -0.2) is 11.5 Å². The molecule has 1 aromatic heterocycles. The zero-order valence-corrected chi connectivity index (χ0v) is 9.85. The maximum Gasteiger partial charge on any atom is 0.123 e. The van der Waals surface area contributed by atoms with E-state index in [0.29, 0.717) is 0 Å². The third-order valence-corrected chi connectivity index (χ3v) is 2.81. The van der Waals surface area contributed by atoms with Crippen molar-refractivity contribution in [2.45, 2.75) is 13.0 Å². The van der Waals surface area contributed by atoms with Crippen LogP contribution in [0, 0.1) is 5.82 Å². The Bertz CT molecular complexity index is 493. The van der Waals surface area contributed by atoms with Crippen molar-refractivity contribution in [3.05, 3.63) is 35.3 Å². The van der Waals surface area contributed by atoms with Crippen molar-refractivity contribution in [2.75, 3.05) is 6.54 Å². The lowest BCUT2D eigenvalue weighted by Crippen LogP contribution is -2.22. The zero-order chi connectivity index (χ0) is 9.54. The number of rotatable bonds is 0. The summed E-state index contributed by atoms with van der Waals surface area (Å²) in [7, 11) is 0. The molecule has 0 amide bonds. The van der Waals surface area contributed by atoms with Gasteiger partial charge in [0.05, 0.1) is 0 Å². The average molecular weight is 271 g/mol. The number of aromatic amines is 1. The van der Waals surface area contributed by atoms with Gasteiger partial charge in [-0.25, -0.2) is 4.39 Å². The van der Waals surface area contributed by atoms with E-state index in [2.05, 4.69) is 10.3 Å². The van der Waals surface area contributed by atoms with Crippen molar-refractivity contribution >= 4 is 27.9 Å². The Labute approximate surface area is 97.6 Å². The molecular formula is C11H12BrFN2. The molecule has 0 saturated carbocycles. The molecule has 0 bridgehead atoms. The molecule has 0 saturated heterocycles. The molecule has 80 valence electrons. The fourth-order valence-corrected chi connectivity index (χ4v) is 2.12. The Balaban J connectivity index is 0.000000853. The number of fused-ring (bicyclic) bond motifs is 3. The van der Waals surface area contributed by atoms with Gasteiger partial charge in [0.1, 0.15) is 5.82 Å². The van der Waals surface area contributed by atoms with Crippen LogP contribution in [0.2, 0.25) is 0 Å². The predicted molar refractivity (Wildman–Crippen MR) is 64.0 cm³/mol. The second-order valence-corrected chi connectivity index (χ2v) is 3.70. The molecule has 1 aliphatic rings. The summed E-state index contributed by atoms with van der Waals surface area (Å²) in [4.78, 5) is 3.34. The highest BCUT2D eigenvalue weighted by Crippen LogP contribution is 2.25. The highest BCUT2D eigenvalue weighted by Gasteiger charge is 2.14. The Morgan fingerprint density at radius 3 is 3.00 bits per heavy atom. The van der Waals surface area contributed by atoms with Gasteiger partial charge < -0.3 is 10.3 Å². The Morgan fingerprint density at radius 2 is 2.13 bits per heavy atom. The maximum atomic E-state index is 13.0. The molecule has 0 spiro atoms. The number of nitrogens with one attached hydrogen (secondary N) is 2. The summed E-state index contributed by atoms with van der Waals surface area (Å²) in [5.41, 5.74) is 3.52. The minimum Gasteiger partial charge on any atom is -0.358 e. The molecule has 4 heteroatoms. The van der Waals surface area contributed by atoms with E-state index in [1.807, 2.05) is 6.07 Å². The van der Waals surface area contributed by atoms with Gasteiger partial charge in [0.25, 0.3) is 0 Å². The normalized spacial score (nSPS) is 14.7. The van der Waals surface area contributed by atoms with E-state index >= 15 is 0 Å². The molecule has 0 aliphatic carbocycles. The van der Waals surface area contributed by atoms with Crippen LogP contribution in [0.3, 0.4) is 0 Å². The lowest BCUT2D eigenvalue weighted by atomic mass is 10.1. The molecule has 15 heavy (non-hydrogen) atoms. The van der Waals surface area contributed by atoms with Crippen LogP contribution in [0.5, 0.6) is 0 Å². The van der Waals surface area contributed by atoms with Crippen molar-refractivity contribution in [1.29, 1.82) is 0 Å². The van der Waals surface area contributed by atoms with Gasteiger partial charge >= 0.3 is 0 Å². The van der Waals surface area contributed by atoms with Crippen molar-refractivity contribution in [1.82, 2.24) is 10.3 Å². The first kappa shape index (κ1) is 10.6. The lowest BCUT2D eigenvalue weighted by molar-refractivity contribution is 0.628. The number of hydrogen-bond acceptors (Lipinski definition) is 1. The first-order chi connectivity index (χ1) is 6.84. The molecule has 2 aromatic rings. The van der Waals surface area contributed by atoms with E-state index in [9.17, 15) is 4.39 Å². The second-order valence-electron chi connectivity index (χ2n) is 3.70. The standard InChI is InChI=1S/C11H11FN2.BrH/c12-7-1-2-10-8(5-7)9-6-13-4-3-11(9)14-10;/h1-2,5,13-14H,3-4,6H2;1H. The van der Waals surface area contributed by atoms with Gasteiger partial charge in [0.15, 0.2) is 0 Å². The molecule has 0 fully saturated rings. The fourth-order valence-electron chi connectivity index (χ4n) is 2.12. The van der Waals surface area contributed by atoms with Crippen LogP contribution in [0.25, 0.3) is 10.9 Å². The highest BCUT2D eigenvalue weighted by atomic mass is 79.9. The van der Waals surface area contributed by atoms with Crippen LogP contribution < -0.4 is 5.32 Å². The van der Waals surface area contributed by atoms with Crippen LogP contribution in [0.1, 0.15) is 11.3 Å². The maximum absolute atomic E-state index is 13.0. The van der Waals surface area contributed by atoms with E-state index < -0.39 is 0 Å². The minimum atomic E-state index is -0.162. The molecule has 1 aromatic carbocycles. The Kier molecular flexibility index (Phi) is 2.80. The van der Waals surface area contributed by atoms with Crippen molar-refractivity contribution in [3.63, 3.8) is 0 Å². The number of hydrogen-bond donors (Lipinski definition) is 2. The molecule has 0 unspecified atom stereocenters. The smallest absolute Gasteiger partial charge is 0.123 e. The molecule has 2 N–H and O–H groups in total. The summed E-state index contributed by atoms with van der Waals surface area (Å²) >= 11 is 0. The van der Waals surface area contributed by atoms with Crippen LogP contribution >= 0.6 is 17.0 Å². The van der Waals surface area contributed by atoms with Gasteiger partial charge in [-0.05, 0) is 23.8 Å². The molecule has 2 heterocycles. The van der Waals surface area contributed by atoms with Crippen LogP contribution in [0.4, 0.5) is 4.39 Å². The van der Waals surface area contributed by atoms with E-state index in [-0.39, 0.29) is 22.8 Å². The van der Waals surface area contributed by atoms with Gasteiger partial charge in [0.2, 0.25) is 0 Å². The molecular weight excluding hydrogens is 259 g/mol. The van der Waals surface area contributed by atoms with Crippen LogP contribution in [0.15, 0.2) is 18.2 Å². The average Bonchev–Trinajstić information content (AvgIpc) is 2.56. The van der Waals surface area contributed by atoms with Crippen molar-refractivity contribution in [3.8, 4) is 0 Å². The summed E-state index contributed by atoms with van der Waals surface area (Å²) in [6.45, 7) is 1.85. The van der Waals surface area contributed by atoms with Crippen molar-refractivity contribution < 1.29 is 4.39 Å². The highest BCUT2D eigenvalue weighted by molar-refractivity contribution is 8.93. The molecule has 1 aliphatic heterocycles. The quantitative estimate of drug-likeness (QED) is 0.757. The van der Waals surface area contributed by atoms with E-state index in [4.69, 9.17) is 0 Å². The third kappa shape index (κ3) is 1.68. The molecule has 3 rings (SSSR count). The molecule has 0 radical (unpaired) electrons. The Morgan fingerprint density at radius 1 is 1.27 bits per heavy atom. The predicted octanol–water partition coefficient (Wildman–Crippen LogP) is 2.53. The van der Waals surface area contributed by atoms with Gasteiger partial charge in [0, 0.05) is 36.1 Å². The first-order valence-corrected chi connectivity index (χ1v) is 4.84. The van der Waals surface area contributed by atoms with Gasteiger partial charge in [-0.3, -0.25) is 0 Å². The summed E-state index contributed by atoms with van der Waals surface area (Å²) in [5, 5.41) is 4.32. The third-order valence-electron chi connectivity index (χ3n) is 2.81. The molecule has 2 nitrogen and oxygen atoms in total. The summed E-state index contributed by atoms with van der Waals surface area (Å²) in [6, 6.07) is 4.92. The summed E-state index contributed by atoms with van der Waals surface area (Å²) in [6.07, 6.45) is 1.01. The topological polar surface area (TPSA) is 27.8 Å². The van der Waals surface area contributed by atoms with Gasteiger partial charge in [-0.2, -0.15) is 0 Å². The lowest BCUT2D eigenvalue weighted by Gasteiger charge is -2.12. The summed E-state index contributed by atoms with van der Waals surface area (Å²) < 4.78 is 13.0. The SMILES string of the molecule is Br.Fc1ccc2[nH]c3c(c2c1)CNCC3. The van der Waals surface area contributed by atoms with Crippen LogP contribution in [-0.2, 0) is 13.0 Å². The number of benzene rings is 1. The van der Waals surface area contributed by atoms with Gasteiger partial charge in [-0.15, -0.1) is 17.0 Å². The number of aromatic nitrogens is 1. The van der Waals surface area contributed by atoms with Gasteiger partial charge in [-0.1, -0.05) is 0 Å². The molecule has 0 atom stereocenters. The van der Waals surface area contributed by atoms with E-state index in [1.165, 1.54) is 17.3 Å². The largest absolute Gasteiger partial charge is 0.358 e. The zero-order valence-electron chi connectivity index (χ0n) is 8.14. The number of halogens is 2. The second kappa shape index (κ2) is 3.94. The fraction of sp³-hybridized carbons (Fsp3) is 0.273. The summed E-state index contributed by atoms with van der Waals surface area (Å²) in [5.74, 6) is -0.162. The van der Waals surface area contributed by atoms with E-state index in [1.54, 1.807) is 6.07 Å².